The summed E-state index contributed by atoms with van der Waals surface area (Å²) in [6, 6.07) is 10.7. The van der Waals surface area contributed by atoms with Crippen LogP contribution in [-0.4, -0.2) is 26.3 Å². The molecule has 3 rings (SSSR count). The van der Waals surface area contributed by atoms with E-state index in [9.17, 15) is 0 Å². The number of hydrogen-bond donors (Lipinski definition) is 1. The van der Waals surface area contributed by atoms with Gasteiger partial charge in [-0.05, 0) is 34.1 Å². The van der Waals surface area contributed by atoms with Gasteiger partial charge in [-0.1, -0.05) is 12.1 Å². The lowest BCUT2D eigenvalue weighted by molar-refractivity contribution is 0.123. The molecule has 2 aromatic rings. The fourth-order valence-electron chi connectivity index (χ4n) is 2.33. The fraction of sp³-hybridized carbons (Fsp3) is 0.333. The Kier molecular flexibility index (Phi) is 4.60. The predicted octanol–water partition coefficient (Wildman–Crippen LogP) is 3.96. The summed E-state index contributed by atoms with van der Waals surface area (Å²) in [6.45, 7) is 4.41. The number of halogens is 1. The molecule has 0 amide bonds. The lowest BCUT2D eigenvalue weighted by Crippen LogP contribution is -2.36. The third-order valence-corrected chi connectivity index (χ3v) is 5.03. The lowest BCUT2D eigenvalue weighted by Gasteiger charge is -2.30. The van der Waals surface area contributed by atoms with Crippen LogP contribution in [0.5, 0.6) is 0 Å². The zero-order valence-corrected chi connectivity index (χ0v) is 13.5. The Morgan fingerprint density at radius 1 is 1.25 bits per heavy atom. The van der Waals surface area contributed by atoms with E-state index in [1.54, 1.807) is 11.3 Å². The summed E-state index contributed by atoms with van der Waals surface area (Å²) in [5, 5.41) is 5.66. The summed E-state index contributed by atoms with van der Waals surface area (Å²) >= 11 is 5.26. The summed E-state index contributed by atoms with van der Waals surface area (Å²) in [7, 11) is 0. The Bertz CT molecular complexity index is 567. The Morgan fingerprint density at radius 2 is 2.05 bits per heavy atom. The molecule has 1 N–H and O–H groups in total. The monoisotopic (exact) mass is 352 g/mol. The van der Waals surface area contributed by atoms with Crippen molar-refractivity contribution in [3.63, 3.8) is 0 Å². The summed E-state index contributed by atoms with van der Waals surface area (Å²) in [4.78, 5) is 3.71. The molecule has 1 fully saturated rings. The highest BCUT2D eigenvalue weighted by Gasteiger charge is 2.14. The SMILES string of the molecule is Brc1csc(CNc2ccccc2N2CCOCC2)c1. The highest BCUT2D eigenvalue weighted by Crippen LogP contribution is 2.28. The number of rotatable bonds is 4. The lowest BCUT2D eigenvalue weighted by atomic mass is 10.2. The molecule has 3 nitrogen and oxygen atoms in total. The van der Waals surface area contributed by atoms with Crippen LogP contribution in [-0.2, 0) is 11.3 Å². The van der Waals surface area contributed by atoms with E-state index in [1.807, 2.05) is 0 Å². The maximum Gasteiger partial charge on any atom is 0.0642 e. The van der Waals surface area contributed by atoms with Crippen molar-refractivity contribution in [2.75, 3.05) is 36.5 Å². The first-order valence-electron chi connectivity index (χ1n) is 6.71. The average Bonchev–Trinajstić information content (AvgIpc) is 2.92. The van der Waals surface area contributed by atoms with Crippen molar-refractivity contribution in [2.45, 2.75) is 6.54 Å². The molecule has 0 aliphatic carbocycles. The quantitative estimate of drug-likeness (QED) is 0.901. The van der Waals surface area contributed by atoms with Gasteiger partial charge in [0, 0.05) is 34.4 Å². The van der Waals surface area contributed by atoms with Gasteiger partial charge in [-0.2, -0.15) is 0 Å². The number of hydrogen-bond acceptors (Lipinski definition) is 4. The van der Waals surface area contributed by atoms with E-state index in [1.165, 1.54) is 16.3 Å². The Hall–Kier alpha value is -1.04. The van der Waals surface area contributed by atoms with Gasteiger partial charge >= 0.3 is 0 Å². The van der Waals surface area contributed by atoms with Crippen LogP contribution in [0.1, 0.15) is 4.88 Å². The predicted molar refractivity (Wildman–Crippen MR) is 88.8 cm³/mol. The molecule has 1 aliphatic heterocycles. The zero-order chi connectivity index (χ0) is 13.8. The number of nitrogens with one attached hydrogen (secondary N) is 1. The van der Waals surface area contributed by atoms with Crippen molar-refractivity contribution >= 4 is 38.6 Å². The fourth-order valence-corrected chi connectivity index (χ4v) is 3.72. The number of anilines is 2. The van der Waals surface area contributed by atoms with Gasteiger partial charge in [0.2, 0.25) is 0 Å². The van der Waals surface area contributed by atoms with Gasteiger partial charge in [0.15, 0.2) is 0 Å². The van der Waals surface area contributed by atoms with Crippen LogP contribution in [0.4, 0.5) is 11.4 Å². The van der Waals surface area contributed by atoms with Crippen LogP contribution < -0.4 is 10.2 Å². The van der Waals surface area contributed by atoms with Gasteiger partial charge in [-0.15, -0.1) is 11.3 Å². The van der Waals surface area contributed by atoms with Gasteiger partial charge in [0.05, 0.1) is 24.6 Å². The Labute approximate surface area is 131 Å². The molecule has 0 radical (unpaired) electrons. The molecule has 1 aromatic carbocycles. The molecule has 5 heteroatoms. The molecular weight excluding hydrogens is 336 g/mol. The van der Waals surface area contributed by atoms with Crippen molar-refractivity contribution in [1.82, 2.24) is 0 Å². The smallest absolute Gasteiger partial charge is 0.0642 e. The minimum absolute atomic E-state index is 0.812. The van der Waals surface area contributed by atoms with Crippen molar-refractivity contribution < 1.29 is 4.74 Å². The van der Waals surface area contributed by atoms with Crippen LogP contribution in [0.15, 0.2) is 40.2 Å². The van der Waals surface area contributed by atoms with E-state index in [0.29, 0.717) is 0 Å². The molecule has 20 heavy (non-hydrogen) atoms. The number of morpholine rings is 1. The van der Waals surface area contributed by atoms with Crippen LogP contribution in [0.25, 0.3) is 0 Å². The first-order chi connectivity index (χ1) is 9.83. The Balaban J connectivity index is 1.72. The second-order valence-electron chi connectivity index (χ2n) is 4.70. The van der Waals surface area contributed by atoms with Crippen LogP contribution >= 0.6 is 27.3 Å². The maximum absolute atomic E-state index is 5.43. The molecular formula is C15H17BrN2OS. The third-order valence-electron chi connectivity index (χ3n) is 3.33. The number of para-hydroxylation sites is 2. The summed E-state index contributed by atoms with van der Waals surface area (Å²) in [5.41, 5.74) is 2.46. The van der Waals surface area contributed by atoms with E-state index >= 15 is 0 Å². The molecule has 2 heterocycles. The molecule has 0 bridgehead atoms. The van der Waals surface area contributed by atoms with E-state index in [2.05, 4.69) is 61.9 Å². The molecule has 0 atom stereocenters. The minimum Gasteiger partial charge on any atom is -0.378 e. The zero-order valence-electron chi connectivity index (χ0n) is 11.1. The minimum atomic E-state index is 0.812. The largest absolute Gasteiger partial charge is 0.378 e. The highest BCUT2D eigenvalue weighted by molar-refractivity contribution is 9.10. The van der Waals surface area contributed by atoms with Gasteiger partial charge in [-0.25, -0.2) is 0 Å². The first kappa shape index (κ1) is 13.9. The van der Waals surface area contributed by atoms with Crippen molar-refractivity contribution in [2.24, 2.45) is 0 Å². The first-order valence-corrected chi connectivity index (χ1v) is 8.39. The van der Waals surface area contributed by atoms with Crippen LogP contribution in [0.2, 0.25) is 0 Å². The maximum atomic E-state index is 5.43. The Morgan fingerprint density at radius 3 is 2.80 bits per heavy atom. The molecule has 1 aromatic heterocycles. The topological polar surface area (TPSA) is 24.5 Å². The summed E-state index contributed by atoms with van der Waals surface area (Å²) in [6.07, 6.45) is 0. The standard InChI is InChI=1S/C15H17BrN2OS/c16-12-9-13(20-11-12)10-17-14-3-1-2-4-15(14)18-5-7-19-8-6-18/h1-4,9,11,17H,5-8,10H2. The average molecular weight is 353 g/mol. The molecule has 0 spiro atoms. The molecule has 106 valence electrons. The van der Waals surface area contributed by atoms with E-state index < -0.39 is 0 Å². The second kappa shape index (κ2) is 6.61. The highest BCUT2D eigenvalue weighted by atomic mass is 79.9. The summed E-state index contributed by atoms with van der Waals surface area (Å²) in [5.74, 6) is 0. The number of ether oxygens (including phenoxy) is 1. The van der Waals surface area contributed by atoms with E-state index in [4.69, 9.17) is 4.74 Å². The van der Waals surface area contributed by atoms with Gasteiger partial charge < -0.3 is 15.0 Å². The number of nitrogens with zero attached hydrogens (tertiary/aromatic N) is 1. The summed E-state index contributed by atoms with van der Waals surface area (Å²) < 4.78 is 6.58. The van der Waals surface area contributed by atoms with Crippen LogP contribution in [0, 0.1) is 0 Å². The van der Waals surface area contributed by atoms with Gasteiger partial charge in [0.25, 0.3) is 0 Å². The second-order valence-corrected chi connectivity index (χ2v) is 6.61. The number of benzene rings is 1. The van der Waals surface area contributed by atoms with E-state index in [-0.39, 0.29) is 0 Å². The van der Waals surface area contributed by atoms with Gasteiger partial charge in [-0.3, -0.25) is 0 Å². The normalized spacial score (nSPS) is 15.3. The number of thiophene rings is 1. The van der Waals surface area contributed by atoms with Crippen molar-refractivity contribution in [3.8, 4) is 0 Å². The van der Waals surface area contributed by atoms with Crippen molar-refractivity contribution in [1.29, 1.82) is 0 Å². The molecule has 1 saturated heterocycles. The van der Waals surface area contributed by atoms with Gasteiger partial charge in [0.1, 0.15) is 0 Å². The van der Waals surface area contributed by atoms with E-state index in [0.717, 1.165) is 37.3 Å². The molecule has 1 aliphatic rings. The third kappa shape index (κ3) is 3.34. The molecule has 0 unspecified atom stereocenters. The molecule has 0 saturated carbocycles. The van der Waals surface area contributed by atoms with Crippen LogP contribution in [0.3, 0.4) is 0 Å². The van der Waals surface area contributed by atoms with Crippen molar-refractivity contribution in [3.05, 3.63) is 45.1 Å².